The number of anilines is 1. The van der Waals surface area contributed by atoms with E-state index < -0.39 is 8.07 Å². The lowest BCUT2D eigenvalue weighted by Crippen LogP contribution is -2.43. The van der Waals surface area contributed by atoms with Crippen molar-refractivity contribution in [1.82, 2.24) is 0 Å². The Hall–Kier alpha value is -1.98. The maximum absolute atomic E-state index is 3.79. The van der Waals surface area contributed by atoms with E-state index in [2.05, 4.69) is 107 Å². The summed E-state index contributed by atoms with van der Waals surface area (Å²) < 4.78 is 0. The standard InChI is InChI=1S/C24H33NSi/c1-19(2)26(20(3)4,21(5)6)17-16-22-12-14-24(15-13-22)25-18-23-10-8-7-9-11-23/h7-15,19-21,25H,18H2,1-6H3. The lowest BCUT2D eigenvalue weighted by Gasteiger charge is -2.38. The van der Waals surface area contributed by atoms with Crippen LogP contribution in [0.1, 0.15) is 52.7 Å². The van der Waals surface area contributed by atoms with Crippen LogP contribution in [-0.4, -0.2) is 8.07 Å². The van der Waals surface area contributed by atoms with Crippen LogP contribution >= 0.6 is 0 Å². The number of rotatable bonds is 6. The van der Waals surface area contributed by atoms with E-state index in [1.807, 2.05) is 6.07 Å². The monoisotopic (exact) mass is 363 g/mol. The minimum atomic E-state index is -1.66. The van der Waals surface area contributed by atoms with E-state index in [1.54, 1.807) is 0 Å². The van der Waals surface area contributed by atoms with Crippen LogP contribution in [-0.2, 0) is 6.54 Å². The first-order valence-corrected chi connectivity index (χ1v) is 12.0. The predicted octanol–water partition coefficient (Wildman–Crippen LogP) is 6.87. The van der Waals surface area contributed by atoms with Gasteiger partial charge in [0.25, 0.3) is 0 Å². The highest BCUT2D eigenvalue weighted by atomic mass is 28.3. The first kappa shape index (κ1) is 20.3. The number of hydrogen-bond acceptors (Lipinski definition) is 1. The fraction of sp³-hybridized carbons (Fsp3) is 0.417. The van der Waals surface area contributed by atoms with Crippen LogP contribution in [0.25, 0.3) is 0 Å². The molecule has 0 aliphatic rings. The van der Waals surface area contributed by atoms with Gasteiger partial charge in [-0.1, -0.05) is 77.8 Å². The molecule has 1 N–H and O–H groups in total. The molecule has 2 aromatic carbocycles. The van der Waals surface area contributed by atoms with Gasteiger partial charge in [-0.25, -0.2) is 0 Å². The number of hydrogen-bond donors (Lipinski definition) is 1. The second-order valence-corrected chi connectivity index (χ2v) is 13.6. The van der Waals surface area contributed by atoms with Gasteiger partial charge in [0.1, 0.15) is 8.07 Å². The molecular weight excluding hydrogens is 330 g/mol. The van der Waals surface area contributed by atoms with Gasteiger partial charge in [0, 0.05) is 17.8 Å². The molecule has 0 aromatic heterocycles. The average molecular weight is 364 g/mol. The second-order valence-electron chi connectivity index (χ2n) is 8.06. The normalized spacial score (nSPS) is 11.6. The molecule has 138 valence electrons. The summed E-state index contributed by atoms with van der Waals surface area (Å²) in [6.45, 7) is 15.0. The third-order valence-corrected chi connectivity index (χ3v) is 11.8. The maximum atomic E-state index is 3.79. The Morgan fingerprint density at radius 1 is 0.769 bits per heavy atom. The lowest BCUT2D eigenvalue weighted by atomic mass is 10.2. The zero-order chi connectivity index (χ0) is 19.2. The van der Waals surface area contributed by atoms with Crippen molar-refractivity contribution in [2.75, 3.05) is 5.32 Å². The second kappa shape index (κ2) is 9.10. The van der Waals surface area contributed by atoms with Gasteiger partial charge in [0.05, 0.1) is 0 Å². The van der Waals surface area contributed by atoms with E-state index in [-0.39, 0.29) is 0 Å². The molecule has 0 aliphatic heterocycles. The molecule has 2 rings (SSSR count). The molecule has 2 aromatic rings. The molecule has 0 radical (unpaired) electrons. The molecule has 0 saturated heterocycles. The highest BCUT2D eigenvalue weighted by Gasteiger charge is 2.41. The van der Waals surface area contributed by atoms with Gasteiger partial charge < -0.3 is 5.32 Å². The van der Waals surface area contributed by atoms with Crippen molar-refractivity contribution in [2.45, 2.75) is 64.7 Å². The first-order chi connectivity index (χ1) is 12.4. The van der Waals surface area contributed by atoms with Crippen LogP contribution in [0, 0.1) is 11.5 Å². The van der Waals surface area contributed by atoms with Crippen molar-refractivity contribution < 1.29 is 0 Å². The molecule has 1 nitrogen and oxygen atoms in total. The van der Waals surface area contributed by atoms with Crippen molar-refractivity contribution >= 4 is 13.8 Å². The van der Waals surface area contributed by atoms with Gasteiger partial charge in [-0.05, 0) is 46.5 Å². The molecule has 0 fully saturated rings. The van der Waals surface area contributed by atoms with E-state index in [9.17, 15) is 0 Å². The van der Waals surface area contributed by atoms with Crippen molar-refractivity contribution in [3.05, 3.63) is 65.7 Å². The largest absolute Gasteiger partial charge is 0.381 e. The van der Waals surface area contributed by atoms with Crippen LogP contribution in [0.4, 0.5) is 5.69 Å². The van der Waals surface area contributed by atoms with E-state index in [4.69, 9.17) is 0 Å². The van der Waals surface area contributed by atoms with Crippen molar-refractivity contribution in [2.24, 2.45) is 0 Å². The van der Waals surface area contributed by atoms with Crippen molar-refractivity contribution in [3.63, 3.8) is 0 Å². The smallest absolute Gasteiger partial charge is 0.146 e. The van der Waals surface area contributed by atoms with Crippen molar-refractivity contribution in [1.29, 1.82) is 0 Å². The number of benzene rings is 2. The van der Waals surface area contributed by atoms with E-state index in [1.165, 1.54) is 5.56 Å². The van der Waals surface area contributed by atoms with Gasteiger partial charge in [-0.3, -0.25) is 0 Å². The van der Waals surface area contributed by atoms with Gasteiger partial charge >= 0.3 is 0 Å². The molecule has 0 aliphatic carbocycles. The Labute approximate surface area is 161 Å². The summed E-state index contributed by atoms with van der Waals surface area (Å²) in [5.74, 6) is 3.51. The van der Waals surface area contributed by atoms with Crippen LogP contribution in [0.5, 0.6) is 0 Å². The molecule has 0 saturated carbocycles. The molecular formula is C24H33NSi. The molecule has 0 heterocycles. The van der Waals surface area contributed by atoms with Gasteiger partial charge in [-0.2, -0.15) is 0 Å². The molecule has 26 heavy (non-hydrogen) atoms. The lowest BCUT2D eigenvalue weighted by molar-refractivity contribution is 0.838. The molecule has 2 heteroatoms. The third-order valence-electron chi connectivity index (χ3n) is 5.51. The number of nitrogens with one attached hydrogen (secondary N) is 1. The van der Waals surface area contributed by atoms with E-state index >= 15 is 0 Å². The van der Waals surface area contributed by atoms with Crippen molar-refractivity contribution in [3.8, 4) is 11.5 Å². The molecule has 0 bridgehead atoms. The van der Waals surface area contributed by atoms with Crippen LogP contribution in [0.15, 0.2) is 54.6 Å². The minimum absolute atomic E-state index is 0.668. The summed E-state index contributed by atoms with van der Waals surface area (Å²) in [5, 5.41) is 3.48. The van der Waals surface area contributed by atoms with E-state index in [0.717, 1.165) is 17.8 Å². The fourth-order valence-corrected chi connectivity index (χ4v) is 9.31. The topological polar surface area (TPSA) is 12.0 Å². The summed E-state index contributed by atoms with van der Waals surface area (Å²) in [5.41, 5.74) is 9.35. The first-order valence-electron chi connectivity index (χ1n) is 9.77. The molecule has 0 unspecified atom stereocenters. The molecule has 0 amide bonds. The Morgan fingerprint density at radius 3 is 1.81 bits per heavy atom. The summed E-state index contributed by atoms with van der Waals surface area (Å²) >= 11 is 0. The average Bonchev–Trinajstić information content (AvgIpc) is 2.61. The van der Waals surface area contributed by atoms with Crippen LogP contribution < -0.4 is 5.32 Å². The Bertz CT molecular complexity index is 712. The Balaban J connectivity index is 2.12. The summed E-state index contributed by atoms with van der Waals surface area (Å²) in [7, 11) is -1.66. The third kappa shape index (κ3) is 4.80. The quantitative estimate of drug-likeness (QED) is 0.436. The zero-order valence-electron chi connectivity index (χ0n) is 17.1. The fourth-order valence-electron chi connectivity index (χ4n) is 4.08. The Kier molecular flexibility index (Phi) is 7.11. The minimum Gasteiger partial charge on any atom is -0.381 e. The van der Waals surface area contributed by atoms with Gasteiger partial charge in [0.2, 0.25) is 0 Å². The summed E-state index contributed by atoms with van der Waals surface area (Å²) in [4.78, 5) is 0. The molecule has 0 spiro atoms. The summed E-state index contributed by atoms with van der Waals surface area (Å²) in [6.07, 6.45) is 0. The Morgan fingerprint density at radius 2 is 1.31 bits per heavy atom. The maximum Gasteiger partial charge on any atom is 0.146 e. The van der Waals surface area contributed by atoms with Gasteiger partial charge in [0.15, 0.2) is 0 Å². The molecule has 0 atom stereocenters. The summed E-state index contributed by atoms with van der Waals surface area (Å²) in [6, 6.07) is 19.0. The highest BCUT2D eigenvalue weighted by molar-refractivity contribution is 6.90. The zero-order valence-corrected chi connectivity index (χ0v) is 18.1. The van der Waals surface area contributed by atoms with Crippen LogP contribution in [0.3, 0.4) is 0 Å². The van der Waals surface area contributed by atoms with Crippen LogP contribution in [0.2, 0.25) is 16.6 Å². The highest BCUT2D eigenvalue weighted by Crippen LogP contribution is 2.40. The SMILES string of the molecule is CC(C)[Si](C#Cc1ccc(NCc2ccccc2)cc1)(C(C)C)C(C)C. The van der Waals surface area contributed by atoms with Gasteiger partial charge in [-0.15, -0.1) is 5.54 Å². The predicted molar refractivity (Wildman–Crippen MR) is 118 cm³/mol. The van der Waals surface area contributed by atoms with E-state index in [0.29, 0.717) is 16.6 Å².